The summed E-state index contributed by atoms with van der Waals surface area (Å²) in [6.45, 7) is 6.00. The van der Waals surface area contributed by atoms with Crippen molar-refractivity contribution in [3.05, 3.63) is 36.0 Å². The highest BCUT2D eigenvalue weighted by Crippen LogP contribution is 2.38. The fraction of sp³-hybridized carbons (Fsp3) is 0.444. The second-order valence-corrected chi connectivity index (χ2v) is 5.96. The Morgan fingerprint density at radius 2 is 1.96 bits per heavy atom. The van der Waals surface area contributed by atoms with Gasteiger partial charge in [-0.1, -0.05) is 13.0 Å². The van der Waals surface area contributed by atoms with Crippen molar-refractivity contribution in [3.63, 3.8) is 0 Å². The van der Waals surface area contributed by atoms with E-state index in [1.807, 2.05) is 6.92 Å². The van der Waals surface area contributed by atoms with Gasteiger partial charge in [-0.3, -0.25) is 0 Å². The van der Waals surface area contributed by atoms with E-state index >= 15 is 0 Å². The van der Waals surface area contributed by atoms with Crippen molar-refractivity contribution in [1.82, 2.24) is 9.97 Å². The van der Waals surface area contributed by atoms with E-state index in [1.54, 1.807) is 38.1 Å². The first-order valence-corrected chi connectivity index (χ1v) is 8.29. The van der Waals surface area contributed by atoms with Crippen LogP contribution in [0.4, 0.5) is 24.7 Å². The highest BCUT2D eigenvalue weighted by molar-refractivity contribution is 5.64. The zero-order valence-corrected chi connectivity index (χ0v) is 15.2. The first-order valence-electron chi connectivity index (χ1n) is 8.29. The number of halogens is 3. The average Bonchev–Trinajstić information content (AvgIpc) is 2.58. The number of anilines is 2. The highest BCUT2D eigenvalue weighted by atomic mass is 19.4. The smallest absolute Gasteiger partial charge is 0.421 e. The number of benzene rings is 1. The van der Waals surface area contributed by atoms with Gasteiger partial charge in [-0.15, -0.1) is 0 Å². The highest BCUT2D eigenvalue weighted by Gasteiger charge is 2.36. The van der Waals surface area contributed by atoms with Crippen LogP contribution in [0, 0.1) is 0 Å². The van der Waals surface area contributed by atoms with Crippen molar-refractivity contribution >= 4 is 11.5 Å². The Morgan fingerprint density at radius 3 is 2.58 bits per heavy atom. The van der Waals surface area contributed by atoms with E-state index in [9.17, 15) is 13.2 Å². The van der Waals surface area contributed by atoms with E-state index in [0.717, 1.165) is 12.6 Å². The molecule has 0 atom stereocenters. The monoisotopic (exact) mass is 369 g/mol. The standard InChI is InChI=1S/C18H22F3N3O2/c1-5-9-25-14-8-6-7-13(10-14)24(4)16-15(18(19,20)21)11-22-17(23-16)26-12(2)3/h6-8,10-12H,5,9H2,1-4H3. The van der Waals surface area contributed by atoms with Crippen LogP contribution < -0.4 is 14.4 Å². The molecule has 2 rings (SSSR count). The second kappa shape index (κ2) is 8.25. The first kappa shape index (κ1) is 19.8. The molecule has 0 spiro atoms. The molecule has 26 heavy (non-hydrogen) atoms. The summed E-state index contributed by atoms with van der Waals surface area (Å²) < 4.78 is 51.1. The van der Waals surface area contributed by atoms with Crippen molar-refractivity contribution in [1.29, 1.82) is 0 Å². The van der Waals surface area contributed by atoms with Crippen molar-refractivity contribution < 1.29 is 22.6 Å². The molecule has 0 saturated carbocycles. The molecular weight excluding hydrogens is 347 g/mol. The third-order valence-corrected chi connectivity index (χ3v) is 3.39. The molecule has 8 heteroatoms. The molecule has 142 valence electrons. The molecular formula is C18H22F3N3O2. The van der Waals surface area contributed by atoms with E-state index in [0.29, 0.717) is 18.0 Å². The van der Waals surface area contributed by atoms with Crippen LogP contribution in [-0.4, -0.2) is 29.7 Å². The normalized spacial score (nSPS) is 11.5. The molecule has 0 bridgehead atoms. The van der Waals surface area contributed by atoms with Gasteiger partial charge in [0.05, 0.1) is 12.7 Å². The molecule has 0 radical (unpaired) electrons. The van der Waals surface area contributed by atoms with Gasteiger partial charge in [0.15, 0.2) is 5.82 Å². The second-order valence-electron chi connectivity index (χ2n) is 5.96. The molecule has 0 aliphatic heterocycles. The number of nitrogens with zero attached hydrogens (tertiary/aromatic N) is 3. The number of hydrogen-bond donors (Lipinski definition) is 0. The van der Waals surface area contributed by atoms with Crippen LogP contribution in [-0.2, 0) is 6.18 Å². The van der Waals surface area contributed by atoms with Crippen molar-refractivity contribution in [2.24, 2.45) is 0 Å². The van der Waals surface area contributed by atoms with Gasteiger partial charge in [0.2, 0.25) is 0 Å². The summed E-state index contributed by atoms with van der Waals surface area (Å²) in [5.74, 6) is 0.299. The maximum atomic E-state index is 13.4. The SMILES string of the molecule is CCCOc1cccc(N(C)c2nc(OC(C)C)ncc2C(F)(F)F)c1. The number of ether oxygens (including phenoxy) is 2. The fourth-order valence-corrected chi connectivity index (χ4v) is 2.20. The van der Waals surface area contributed by atoms with Crippen molar-refractivity contribution in [2.75, 3.05) is 18.6 Å². The molecule has 5 nitrogen and oxygen atoms in total. The van der Waals surface area contributed by atoms with Crippen LogP contribution in [0.1, 0.15) is 32.8 Å². The largest absolute Gasteiger partial charge is 0.494 e. The third-order valence-electron chi connectivity index (χ3n) is 3.39. The Morgan fingerprint density at radius 1 is 1.23 bits per heavy atom. The maximum absolute atomic E-state index is 13.4. The molecule has 1 aromatic carbocycles. The third kappa shape index (κ3) is 5.00. The minimum Gasteiger partial charge on any atom is -0.494 e. The van der Waals surface area contributed by atoms with Gasteiger partial charge < -0.3 is 14.4 Å². The minimum atomic E-state index is -4.59. The van der Waals surface area contributed by atoms with E-state index < -0.39 is 11.7 Å². The molecule has 0 fully saturated rings. The van der Waals surface area contributed by atoms with Gasteiger partial charge in [-0.05, 0) is 32.4 Å². The number of aromatic nitrogens is 2. The lowest BCUT2D eigenvalue weighted by molar-refractivity contribution is -0.137. The topological polar surface area (TPSA) is 47.5 Å². The summed E-state index contributed by atoms with van der Waals surface area (Å²) in [5, 5.41) is 0. The molecule has 1 aromatic heterocycles. The average molecular weight is 369 g/mol. The molecule has 0 aliphatic rings. The van der Waals surface area contributed by atoms with Gasteiger partial charge in [0.1, 0.15) is 11.3 Å². The van der Waals surface area contributed by atoms with Gasteiger partial charge >= 0.3 is 12.2 Å². The molecule has 1 heterocycles. The van der Waals surface area contributed by atoms with Gasteiger partial charge in [-0.25, -0.2) is 4.98 Å². The van der Waals surface area contributed by atoms with Crippen molar-refractivity contribution in [2.45, 2.75) is 39.5 Å². The summed E-state index contributed by atoms with van der Waals surface area (Å²) in [6.07, 6.45) is -3.26. The summed E-state index contributed by atoms with van der Waals surface area (Å²) in [6, 6.07) is 6.72. The predicted octanol–water partition coefficient (Wildman–Crippen LogP) is 4.84. The number of hydrogen-bond acceptors (Lipinski definition) is 5. The summed E-state index contributed by atoms with van der Waals surface area (Å²) in [7, 11) is 1.51. The Bertz CT molecular complexity index is 736. The van der Waals surface area contributed by atoms with E-state index in [2.05, 4.69) is 9.97 Å². The minimum absolute atomic E-state index is 0.103. The van der Waals surface area contributed by atoms with Crippen LogP contribution in [0.25, 0.3) is 0 Å². The van der Waals surface area contributed by atoms with Crippen LogP contribution in [0.5, 0.6) is 11.8 Å². The molecule has 0 N–H and O–H groups in total. The maximum Gasteiger partial charge on any atom is 0.421 e. The lowest BCUT2D eigenvalue weighted by Gasteiger charge is -2.23. The van der Waals surface area contributed by atoms with Gasteiger partial charge in [0.25, 0.3) is 0 Å². The van der Waals surface area contributed by atoms with Gasteiger partial charge in [0, 0.05) is 25.0 Å². The Hall–Kier alpha value is -2.51. The quantitative estimate of drug-likeness (QED) is 0.699. The predicted molar refractivity (Wildman–Crippen MR) is 93.1 cm³/mol. The Kier molecular flexibility index (Phi) is 6.28. The van der Waals surface area contributed by atoms with E-state index in [-0.39, 0.29) is 17.9 Å². The molecule has 0 saturated heterocycles. The van der Waals surface area contributed by atoms with Crippen LogP contribution in [0.15, 0.2) is 30.5 Å². The Labute approximate surface area is 150 Å². The summed E-state index contributed by atoms with van der Waals surface area (Å²) in [5.41, 5.74) is -0.422. The van der Waals surface area contributed by atoms with E-state index in [4.69, 9.17) is 9.47 Å². The summed E-state index contributed by atoms with van der Waals surface area (Å²) >= 11 is 0. The zero-order chi connectivity index (χ0) is 19.3. The first-order chi connectivity index (χ1) is 12.2. The number of rotatable bonds is 7. The van der Waals surface area contributed by atoms with Gasteiger partial charge in [-0.2, -0.15) is 18.2 Å². The van der Waals surface area contributed by atoms with Crippen LogP contribution in [0.2, 0.25) is 0 Å². The fourth-order valence-electron chi connectivity index (χ4n) is 2.20. The molecule has 0 amide bonds. The molecule has 2 aromatic rings. The zero-order valence-electron chi connectivity index (χ0n) is 15.2. The number of alkyl halides is 3. The Balaban J connectivity index is 2.43. The lowest BCUT2D eigenvalue weighted by atomic mass is 10.2. The molecule has 0 unspecified atom stereocenters. The van der Waals surface area contributed by atoms with Crippen LogP contribution in [0.3, 0.4) is 0 Å². The van der Waals surface area contributed by atoms with Crippen LogP contribution >= 0.6 is 0 Å². The summed E-state index contributed by atoms with van der Waals surface area (Å²) in [4.78, 5) is 9.00. The molecule has 0 aliphatic carbocycles. The van der Waals surface area contributed by atoms with E-state index in [1.165, 1.54) is 11.9 Å². The van der Waals surface area contributed by atoms with Crippen molar-refractivity contribution in [3.8, 4) is 11.8 Å². The lowest BCUT2D eigenvalue weighted by Crippen LogP contribution is -2.20.